The maximum atomic E-state index is 9.83. The van der Waals surface area contributed by atoms with Gasteiger partial charge in [-0.2, -0.15) is 0 Å². The van der Waals surface area contributed by atoms with Crippen LogP contribution in [0.5, 0.6) is 0 Å². The number of aliphatic hydroxyl groups excluding tert-OH is 3. The Morgan fingerprint density at radius 3 is 2.42 bits per heavy atom. The molecule has 0 spiro atoms. The molecule has 0 aromatic carbocycles. The van der Waals surface area contributed by atoms with Crippen LogP contribution >= 0.6 is 0 Å². The third-order valence-corrected chi connectivity index (χ3v) is 4.45. The highest BCUT2D eigenvalue weighted by Crippen LogP contribution is 2.21. The Hall–Kier alpha value is -0.460. The zero-order valence-corrected chi connectivity index (χ0v) is 15.1. The molecule has 0 unspecified atom stereocenters. The molecule has 1 heterocycles. The lowest BCUT2D eigenvalue weighted by Gasteiger charge is -2.23. The molecule has 1 aliphatic rings. The van der Waals surface area contributed by atoms with Gasteiger partial charge in [0.2, 0.25) is 0 Å². The first kappa shape index (κ1) is 21.6. The molecule has 5 nitrogen and oxygen atoms in total. The van der Waals surface area contributed by atoms with Crippen LogP contribution < -0.4 is 0 Å². The minimum Gasteiger partial charge on any atom is -0.394 e. The third kappa shape index (κ3) is 8.58. The van der Waals surface area contributed by atoms with Crippen LogP contribution in [0.25, 0.3) is 0 Å². The Kier molecular flexibility index (Phi) is 12.4. The van der Waals surface area contributed by atoms with Gasteiger partial charge in [0.25, 0.3) is 0 Å². The highest BCUT2D eigenvalue weighted by molar-refractivity contribution is 4.89. The van der Waals surface area contributed by atoms with Gasteiger partial charge in [-0.3, -0.25) is 0 Å². The Bertz CT molecular complexity index is 321. The highest BCUT2D eigenvalue weighted by Gasteiger charge is 2.40. The number of hydrogen-bond acceptors (Lipinski definition) is 5. The van der Waals surface area contributed by atoms with E-state index in [4.69, 9.17) is 14.6 Å². The molecule has 0 aromatic rings. The normalized spacial score (nSPS) is 25.6. The maximum Gasteiger partial charge on any atom is 0.114 e. The van der Waals surface area contributed by atoms with E-state index in [0.29, 0.717) is 6.61 Å². The van der Waals surface area contributed by atoms with Crippen LogP contribution in [0.2, 0.25) is 0 Å². The van der Waals surface area contributed by atoms with E-state index in [0.717, 1.165) is 19.3 Å². The molecular weight excluding hydrogens is 308 g/mol. The third-order valence-electron chi connectivity index (χ3n) is 4.45. The quantitative estimate of drug-likeness (QED) is 0.333. The van der Waals surface area contributed by atoms with Crippen molar-refractivity contribution in [2.45, 2.75) is 89.1 Å². The van der Waals surface area contributed by atoms with E-state index in [9.17, 15) is 10.2 Å². The summed E-state index contributed by atoms with van der Waals surface area (Å²) in [5, 5.41) is 28.5. The van der Waals surface area contributed by atoms with Gasteiger partial charge in [0.15, 0.2) is 0 Å². The van der Waals surface area contributed by atoms with E-state index in [1.54, 1.807) is 0 Å². The van der Waals surface area contributed by atoms with Crippen molar-refractivity contribution in [2.24, 2.45) is 0 Å². The first-order valence-electron chi connectivity index (χ1n) is 9.55. The minimum atomic E-state index is -1.00. The van der Waals surface area contributed by atoms with E-state index in [-0.39, 0.29) is 13.2 Å². The summed E-state index contributed by atoms with van der Waals surface area (Å²) in [7, 11) is 0. The number of hydrogen-bond donors (Lipinski definition) is 3. The number of ether oxygens (including phenoxy) is 2. The van der Waals surface area contributed by atoms with Crippen molar-refractivity contribution < 1.29 is 24.8 Å². The monoisotopic (exact) mass is 344 g/mol. The summed E-state index contributed by atoms with van der Waals surface area (Å²) in [4.78, 5) is 0. The van der Waals surface area contributed by atoms with Gasteiger partial charge < -0.3 is 24.8 Å². The Balaban J connectivity index is 1.99. The average molecular weight is 344 g/mol. The predicted molar refractivity (Wildman–Crippen MR) is 94.9 cm³/mol. The summed E-state index contributed by atoms with van der Waals surface area (Å²) in [6, 6.07) is 0. The van der Waals surface area contributed by atoms with Crippen LogP contribution in [-0.4, -0.2) is 59.6 Å². The van der Waals surface area contributed by atoms with Crippen molar-refractivity contribution in [1.29, 1.82) is 0 Å². The first-order valence-corrected chi connectivity index (χ1v) is 9.55. The number of aliphatic hydroxyl groups is 3. The van der Waals surface area contributed by atoms with E-state index in [1.807, 2.05) is 0 Å². The Morgan fingerprint density at radius 1 is 1.08 bits per heavy atom. The van der Waals surface area contributed by atoms with Gasteiger partial charge in [-0.15, -0.1) is 0 Å². The molecule has 1 aliphatic heterocycles. The SMILES string of the molecule is CCCCC/C=C/CCCCCCO[C@@H]1[C@H]([C@H](O)CO)OC[C@@H]1O. The van der Waals surface area contributed by atoms with Gasteiger partial charge in [-0.05, 0) is 32.1 Å². The molecule has 4 atom stereocenters. The molecule has 0 aliphatic carbocycles. The second-order valence-corrected chi connectivity index (χ2v) is 6.62. The molecule has 1 rings (SSSR count). The highest BCUT2D eigenvalue weighted by atomic mass is 16.6. The van der Waals surface area contributed by atoms with Gasteiger partial charge in [0.05, 0.1) is 13.2 Å². The van der Waals surface area contributed by atoms with Crippen LogP contribution in [0.15, 0.2) is 12.2 Å². The molecule has 5 heteroatoms. The fraction of sp³-hybridized carbons (Fsp3) is 0.895. The smallest absolute Gasteiger partial charge is 0.114 e. The zero-order valence-electron chi connectivity index (χ0n) is 15.1. The van der Waals surface area contributed by atoms with Gasteiger partial charge in [0, 0.05) is 6.61 Å². The molecule has 24 heavy (non-hydrogen) atoms. The summed E-state index contributed by atoms with van der Waals surface area (Å²) < 4.78 is 11.0. The topological polar surface area (TPSA) is 79.2 Å². The van der Waals surface area contributed by atoms with Crippen molar-refractivity contribution >= 4 is 0 Å². The van der Waals surface area contributed by atoms with Gasteiger partial charge in [-0.1, -0.05) is 44.8 Å². The fourth-order valence-corrected chi connectivity index (χ4v) is 2.94. The van der Waals surface area contributed by atoms with E-state index in [2.05, 4.69) is 19.1 Å². The molecule has 0 amide bonds. The molecule has 142 valence electrons. The first-order chi connectivity index (χ1) is 11.7. The van der Waals surface area contributed by atoms with Crippen LogP contribution in [0, 0.1) is 0 Å². The summed E-state index contributed by atoms with van der Waals surface area (Å²) in [6.07, 6.45) is 12.3. The lowest BCUT2D eigenvalue weighted by molar-refractivity contribution is -0.0938. The molecule has 0 saturated carbocycles. The van der Waals surface area contributed by atoms with Crippen molar-refractivity contribution in [2.75, 3.05) is 19.8 Å². The van der Waals surface area contributed by atoms with Crippen molar-refractivity contribution in [1.82, 2.24) is 0 Å². The molecule has 0 bridgehead atoms. The van der Waals surface area contributed by atoms with Crippen molar-refractivity contribution in [3.05, 3.63) is 12.2 Å². The van der Waals surface area contributed by atoms with Crippen molar-refractivity contribution in [3.63, 3.8) is 0 Å². The van der Waals surface area contributed by atoms with E-state index >= 15 is 0 Å². The lowest BCUT2D eigenvalue weighted by atomic mass is 10.1. The van der Waals surface area contributed by atoms with Crippen LogP contribution in [0.3, 0.4) is 0 Å². The molecule has 0 radical (unpaired) electrons. The predicted octanol–water partition coefficient (Wildman–Crippen LogP) is 2.57. The summed E-state index contributed by atoms with van der Waals surface area (Å²) in [5.41, 5.74) is 0. The summed E-state index contributed by atoms with van der Waals surface area (Å²) >= 11 is 0. The van der Waals surface area contributed by atoms with Gasteiger partial charge in [0.1, 0.15) is 24.4 Å². The lowest BCUT2D eigenvalue weighted by Crippen LogP contribution is -2.42. The summed E-state index contributed by atoms with van der Waals surface area (Å²) in [5.74, 6) is 0. The van der Waals surface area contributed by atoms with Crippen LogP contribution in [0.1, 0.15) is 64.7 Å². The Morgan fingerprint density at radius 2 is 1.75 bits per heavy atom. The molecule has 0 aromatic heterocycles. The maximum absolute atomic E-state index is 9.83. The molecular formula is C19H36O5. The van der Waals surface area contributed by atoms with E-state index in [1.165, 1.54) is 38.5 Å². The van der Waals surface area contributed by atoms with Crippen molar-refractivity contribution in [3.8, 4) is 0 Å². The molecule has 1 fully saturated rings. The number of allylic oxidation sites excluding steroid dienone is 2. The summed E-state index contributed by atoms with van der Waals surface area (Å²) in [6.45, 7) is 2.54. The fourth-order valence-electron chi connectivity index (χ4n) is 2.94. The Labute approximate surface area is 146 Å². The second-order valence-electron chi connectivity index (χ2n) is 6.62. The van der Waals surface area contributed by atoms with Crippen LogP contribution in [0.4, 0.5) is 0 Å². The zero-order chi connectivity index (χ0) is 17.6. The second kappa shape index (κ2) is 13.8. The number of rotatable bonds is 14. The standard InChI is InChI=1S/C19H36O5/c1-2-3-4-5-6-7-8-9-10-11-12-13-23-19-17(22)15-24-18(19)16(21)14-20/h6-7,16-22H,2-5,8-15H2,1H3/b7-6+/t16-,17+,18+,19+/m1/s1. The van der Waals surface area contributed by atoms with E-state index < -0.39 is 24.4 Å². The minimum absolute atomic E-state index is 0.150. The number of unbranched alkanes of at least 4 members (excludes halogenated alkanes) is 7. The molecule has 3 N–H and O–H groups in total. The largest absolute Gasteiger partial charge is 0.394 e. The van der Waals surface area contributed by atoms with Crippen LogP contribution in [-0.2, 0) is 9.47 Å². The van der Waals surface area contributed by atoms with Gasteiger partial charge >= 0.3 is 0 Å². The average Bonchev–Trinajstić information content (AvgIpc) is 2.96. The van der Waals surface area contributed by atoms with Gasteiger partial charge in [-0.25, -0.2) is 0 Å². The molecule has 1 saturated heterocycles.